The lowest BCUT2D eigenvalue weighted by atomic mass is 10.1. The minimum absolute atomic E-state index is 0.105. The molecular weight excluding hydrogens is 450 g/mol. The van der Waals surface area contributed by atoms with Crippen molar-refractivity contribution in [2.75, 3.05) is 6.54 Å². The Morgan fingerprint density at radius 1 is 1.33 bits per heavy atom. The second kappa shape index (κ2) is 9.10. The molecule has 1 aliphatic rings. The number of aromatic nitrogens is 2. The molecular formula is C21H29N5O6S. The topological polar surface area (TPSA) is 145 Å². The van der Waals surface area contributed by atoms with Crippen molar-refractivity contribution in [1.29, 1.82) is 0 Å². The van der Waals surface area contributed by atoms with Crippen LogP contribution < -0.4 is 14.8 Å². The fourth-order valence-electron chi connectivity index (χ4n) is 3.08. The van der Waals surface area contributed by atoms with Gasteiger partial charge in [0.15, 0.2) is 5.69 Å². The molecule has 1 saturated carbocycles. The molecule has 1 fully saturated rings. The number of nitrogens with zero attached hydrogens (tertiary/aromatic N) is 3. The highest BCUT2D eigenvalue weighted by Crippen LogP contribution is 2.36. The summed E-state index contributed by atoms with van der Waals surface area (Å²) in [5.41, 5.74) is -0.364. The quantitative estimate of drug-likeness (QED) is 0.415. The van der Waals surface area contributed by atoms with Crippen LogP contribution in [0.1, 0.15) is 63.0 Å². The van der Waals surface area contributed by atoms with Crippen LogP contribution in [0.3, 0.4) is 0 Å². The molecule has 0 spiro atoms. The van der Waals surface area contributed by atoms with E-state index in [9.17, 15) is 23.3 Å². The van der Waals surface area contributed by atoms with Crippen molar-refractivity contribution >= 4 is 21.6 Å². The van der Waals surface area contributed by atoms with Crippen molar-refractivity contribution in [3.05, 3.63) is 39.6 Å². The number of amides is 1. The summed E-state index contributed by atoms with van der Waals surface area (Å²) in [6.45, 7) is 9.23. The molecule has 1 aliphatic carbocycles. The fraction of sp³-hybridized carbons (Fsp3) is 0.524. The van der Waals surface area contributed by atoms with Gasteiger partial charge in [-0.15, -0.1) is 0 Å². The van der Waals surface area contributed by atoms with Crippen molar-refractivity contribution < 1.29 is 22.9 Å². The molecule has 0 unspecified atom stereocenters. The van der Waals surface area contributed by atoms with Gasteiger partial charge in [0.1, 0.15) is 10.6 Å². The first kappa shape index (κ1) is 24.6. The van der Waals surface area contributed by atoms with Gasteiger partial charge >= 0.3 is 0 Å². The zero-order valence-corrected chi connectivity index (χ0v) is 20.2. The first-order valence-corrected chi connectivity index (χ1v) is 12.2. The van der Waals surface area contributed by atoms with E-state index in [1.165, 1.54) is 16.8 Å². The lowest BCUT2D eigenvalue weighted by molar-refractivity contribution is -0.385. The Balaban J connectivity index is 2.10. The third-order valence-electron chi connectivity index (χ3n) is 5.01. The molecule has 3 rings (SSSR count). The van der Waals surface area contributed by atoms with Crippen LogP contribution in [0.4, 0.5) is 5.69 Å². The second-order valence-corrected chi connectivity index (χ2v) is 10.7. The predicted molar refractivity (Wildman–Crippen MR) is 121 cm³/mol. The first-order chi connectivity index (χ1) is 15.3. The monoisotopic (exact) mass is 479 g/mol. The van der Waals surface area contributed by atoms with E-state index in [-0.39, 0.29) is 46.4 Å². The minimum Gasteiger partial charge on any atom is -0.438 e. The van der Waals surface area contributed by atoms with E-state index >= 15 is 0 Å². The Morgan fingerprint density at radius 3 is 2.55 bits per heavy atom. The van der Waals surface area contributed by atoms with Crippen LogP contribution in [0.15, 0.2) is 23.1 Å². The van der Waals surface area contributed by atoms with Crippen molar-refractivity contribution in [2.45, 2.75) is 70.4 Å². The molecule has 11 nitrogen and oxygen atoms in total. The molecule has 1 amide bonds. The number of nitro benzene ring substituents is 1. The average molecular weight is 480 g/mol. The van der Waals surface area contributed by atoms with Crippen LogP contribution in [0.25, 0.3) is 0 Å². The number of nitro groups is 1. The molecule has 0 saturated heterocycles. The van der Waals surface area contributed by atoms with E-state index in [0.717, 1.165) is 18.9 Å². The number of nitrogens with one attached hydrogen (secondary N) is 2. The zero-order chi connectivity index (χ0) is 24.6. The highest BCUT2D eigenvalue weighted by Gasteiger charge is 2.32. The number of hydrogen-bond acceptors (Lipinski definition) is 7. The van der Waals surface area contributed by atoms with E-state index in [4.69, 9.17) is 4.74 Å². The van der Waals surface area contributed by atoms with Crippen LogP contribution in [0.2, 0.25) is 0 Å². The van der Waals surface area contributed by atoms with E-state index in [1.54, 1.807) is 13.8 Å². The number of hydrogen-bond donors (Lipinski definition) is 2. The number of carbonyl (C=O) groups is 1. The third kappa shape index (κ3) is 5.50. The van der Waals surface area contributed by atoms with Gasteiger partial charge in [-0.2, -0.15) is 5.10 Å². The van der Waals surface area contributed by atoms with Gasteiger partial charge in [0.05, 0.1) is 10.5 Å². The Bertz CT molecular complexity index is 1180. The van der Waals surface area contributed by atoms with Crippen molar-refractivity contribution in [3.8, 4) is 11.6 Å². The number of carbonyl (C=O) groups excluding carboxylic acids is 1. The average Bonchev–Trinajstić information content (AvgIpc) is 3.47. The molecule has 2 N–H and O–H groups in total. The predicted octanol–water partition coefficient (Wildman–Crippen LogP) is 3.23. The normalized spacial score (nSPS) is 14.2. The summed E-state index contributed by atoms with van der Waals surface area (Å²) in [6, 6.07) is 3.50. The Hall–Kier alpha value is -2.99. The van der Waals surface area contributed by atoms with Gasteiger partial charge < -0.3 is 10.1 Å². The maximum atomic E-state index is 12.9. The zero-order valence-electron chi connectivity index (χ0n) is 19.3. The molecule has 12 heteroatoms. The molecule has 1 heterocycles. The van der Waals surface area contributed by atoms with Crippen LogP contribution in [-0.4, -0.2) is 41.6 Å². The van der Waals surface area contributed by atoms with Crippen molar-refractivity contribution in [1.82, 2.24) is 19.8 Å². The first-order valence-electron chi connectivity index (χ1n) is 10.7. The Morgan fingerprint density at radius 2 is 2.00 bits per heavy atom. The van der Waals surface area contributed by atoms with Gasteiger partial charge in [0, 0.05) is 30.3 Å². The van der Waals surface area contributed by atoms with E-state index in [1.807, 2.05) is 20.8 Å². The van der Waals surface area contributed by atoms with Gasteiger partial charge in [0.2, 0.25) is 15.9 Å². The largest absolute Gasteiger partial charge is 0.438 e. The number of non-ortho nitro benzene ring substituents is 1. The molecule has 0 atom stereocenters. The fourth-order valence-corrected chi connectivity index (χ4v) is 4.35. The molecule has 2 aromatic rings. The maximum absolute atomic E-state index is 12.9. The number of sulfonamides is 1. The van der Waals surface area contributed by atoms with E-state index in [2.05, 4.69) is 15.1 Å². The van der Waals surface area contributed by atoms with Gasteiger partial charge in [-0.25, -0.2) is 17.8 Å². The van der Waals surface area contributed by atoms with Gasteiger partial charge in [-0.1, -0.05) is 6.92 Å². The number of ether oxygens (including phenoxy) is 1. The summed E-state index contributed by atoms with van der Waals surface area (Å²) in [7, 11) is -4.10. The van der Waals surface area contributed by atoms with E-state index in [0.29, 0.717) is 12.0 Å². The summed E-state index contributed by atoms with van der Waals surface area (Å²) >= 11 is 0. The molecule has 1 aromatic heterocycles. The Labute approximate surface area is 192 Å². The van der Waals surface area contributed by atoms with Gasteiger partial charge in [-0.05, 0) is 53.0 Å². The van der Waals surface area contributed by atoms with Crippen LogP contribution in [-0.2, 0) is 15.6 Å². The summed E-state index contributed by atoms with van der Waals surface area (Å²) in [4.78, 5) is 22.9. The molecule has 0 radical (unpaired) electrons. The van der Waals surface area contributed by atoms with Crippen LogP contribution in [0.5, 0.6) is 11.6 Å². The van der Waals surface area contributed by atoms with Crippen molar-refractivity contribution in [3.63, 3.8) is 0 Å². The maximum Gasteiger partial charge on any atom is 0.272 e. The number of benzene rings is 1. The van der Waals surface area contributed by atoms with Crippen molar-refractivity contribution in [2.24, 2.45) is 0 Å². The molecule has 0 aliphatic heterocycles. The summed E-state index contributed by atoms with van der Waals surface area (Å²) in [5.74, 6) is -0.250. The third-order valence-corrected chi connectivity index (χ3v) is 6.49. The second-order valence-electron chi connectivity index (χ2n) is 9.00. The summed E-state index contributed by atoms with van der Waals surface area (Å²) in [6.07, 6.45) is 2.38. The highest BCUT2D eigenvalue weighted by atomic mass is 32.2. The molecule has 33 heavy (non-hydrogen) atoms. The summed E-state index contributed by atoms with van der Waals surface area (Å²) in [5, 5.41) is 18.6. The van der Waals surface area contributed by atoms with Crippen LogP contribution >= 0.6 is 0 Å². The SMILES string of the molecule is CCCNS(=O)(=O)c1cc([N+](=O)[O-])ccc1Oc1c(C)c(C(=O)NC2CC2)nn1C(C)(C)C. The van der Waals surface area contributed by atoms with Crippen LogP contribution in [0, 0.1) is 17.0 Å². The summed E-state index contributed by atoms with van der Waals surface area (Å²) < 4.78 is 35.7. The standard InChI is InChI=1S/C21H29N5O6S/c1-6-11-22-33(30,31)17-12-15(26(28)29)9-10-16(17)32-20-13(2)18(19(27)23-14-7-8-14)24-25(20)21(3,4)5/h9-10,12,14,22H,6-8,11H2,1-5H3,(H,23,27). The molecule has 0 bridgehead atoms. The lowest BCUT2D eigenvalue weighted by Gasteiger charge is -2.22. The molecule has 180 valence electrons. The van der Waals surface area contributed by atoms with Gasteiger partial charge in [-0.3, -0.25) is 14.9 Å². The van der Waals surface area contributed by atoms with Gasteiger partial charge in [0.25, 0.3) is 11.6 Å². The van der Waals surface area contributed by atoms with E-state index < -0.39 is 20.5 Å². The smallest absolute Gasteiger partial charge is 0.272 e. The minimum atomic E-state index is -4.10. The Kier molecular flexibility index (Phi) is 6.80. The molecule has 1 aromatic carbocycles. The number of rotatable bonds is 9. The lowest BCUT2D eigenvalue weighted by Crippen LogP contribution is -2.28. The highest BCUT2D eigenvalue weighted by molar-refractivity contribution is 7.89.